The van der Waals surface area contributed by atoms with E-state index in [9.17, 15) is 13.2 Å². The molecule has 3 rings (SSSR count). The molecule has 1 aromatic rings. The first kappa shape index (κ1) is 18.5. The Labute approximate surface area is 149 Å². The summed E-state index contributed by atoms with van der Waals surface area (Å²) in [7, 11) is -3.48. The average molecular weight is 367 g/mol. The first-order valence-corrected chi connectivity index (χ1v) is 10.5. The molecule has 2 aliphatic heterocycles. The number of carbonyl (C=O) groups excluding carboxylic acids is 1. The lowest BCUT2D eigenvalue weighted by Gasteiger charge is -2.34. The molecule has 0 amide bonds. The van der Waals surface area contributed by atoms with Gasteiger partial charge in [-0.05, 0) is 38.3 Å². The Morgan fingerprint density at radius 3 is 2.44 bits per heavy atom. The molecule has 0 radical (unpaired) electrons. The monoisotopic (exact) mass is 367 g/mol. The summed E-state index contributed by atoms with van der Waals surface area (Å²) in [5, 5.41) is 0. The molecule has 6 nitrogen and oxygen atoms in total. The van der Waals surface area contributed by atoms with Crippen LogP contribution in [0, 0.1) is 0 Å². The zero-order valence-corrected chi connectivity index (χ0v) is 15.6. The van der Waals surface area contributed by atoms with E-state index in [1.807, 2.05) is 0 Å². The van der Waals surface area contributed by atoms with Crippen LogP contribution < -0.4 is 4.90 Å². The van der Waals surface area contributed by atoms with Crippen molar-refractivity contribution in [2.75, 3.05) is 39.3 Å². The second-order valence-electron chi connectivity index (χ2n) is 6.93. The van der Waals surface area contributed by atoms with Crippen LogP contribution in [0.2, 0.25) is 0 Å². The van der Waals surface area contributed by atoms with E-state index in [1.54, 1.807) is 16.4 Å². The molecule has 0 saturated carbocycles. The van der Waals surface area contributed by atoms with Crippen LogP contribution in [0.5, 0.6) is 0 Å². The summed E-state index contributed by atoms with van der Waals surface area (Å²) in [6.45, 7) is 5.98. The number of ether oxygens (including phenoxy) is 1. The zero-order valence-electron chi connectivity index (χ0n) is 14.7. The van der Waals surface area contributed by atoms with Crippen molar-refractivity contribution in [1.82, 2.24) is 4.31 Å². The summed E-state index contributed by atoms with van der Waals surface area (Å²) < 4.78 is 32.9. The third-order valence-electron chi connectivity index (χ3n) is 5.12. The van der Waals surface area contributed by atoms with Crippen LogP contribution in [0.25, 0.3) is 0 Å². The Balaban J connectivity index is 1.58. The van der Waals surface area contributed by atoms with E-state index >= 15 is 0 Å². The van der Waals surface area contributed by atoms with Gasteiger partial charge in [-0.2, -0.15) is 4.31 Å². The van der Waals surface area contributed by atoms with Crippen LogP contribution in [-0.4, -0.2) is 63.9 Å². The highest BCUT2D eigenvalue weighted by Crippen LogP contribution is 2.17. The molecule has 25 heavy (non-hydrogen) atoms. The zero-order chi connectivity index (χ0) is 17.9. The molecule has 0 spiro atoms. The Morgan fingerprint density at radius 1 is 1.20 bits per heavy atom. The molecule has 2 aliphatic rings. The lowest BCUT2D eigenvalue weighted by Crippen LogP contribution is -3.15. The van der Waals surface area contributed by atoms with Crippen molar-refractivity contribution in [2.24, 2.45) is 0 Å². The summed E-state index contributed by atoms with van der Waals surface area (Å²) in [5.41, 5.74) is 0.528. The number of benzene rings is 1. The number of Topliss-reactive ketones (excluding diaryl/α,β-unsaturated/α-hetero) is 1. The number of nitrogens with zero attached hydrogens (tertiary/aromatic N) is 1. The molecule has 1 atom stereocenters. The van der Waals surface area contributed by atoms with Gasteiger partial charge in [0.1, 0.15) is 12.6 Å². The number of hydrogen-bond donors (Lipinski definition) is 1. The van der Waals surface area contributed by atoms with Crippen LogP contribution in [-0.2, 0) is 14.8 Å². The lowest BCUT2D eigenvalue weighted by molar-refractivity contribution is -0.907. The predicted octanol–water partition coefficient (Wildman–Crippen LogP) is 0.348. The van der Waals surface area contributed by atoms with Gasteiger partial charge in [0.05, 0.1) is 31.1 Å². The van der Waals surface area contributed by atoms with Crippen molar-refractivity contribution in [3.8, 4) is 0 Å². The van der Waals surface area contributed by atoms with Gasteiger partial charge in [-0.15, -0.1) is 0 Å². The normalized spacial score (nSPS) is 23.5. The largest absolute Gasteiger partial charge is 0.372 e. The number of carbonyl (C=O) groups is 1. The maximum absolute atomic E-state index is 12.8. The van der Waals surface area contributed by atoms with E-state index in [0.29, 0.717) is 24.8 Å². The number of nitrogens with one attached hydrogen (secondary N) is 1. The highest BCUT2D eigenvalue weighted by atomic mass is 32.2. The molecule has 1 N–H and O–H groups in total. The van der Waals surface area contributed by atoms with E-state index in [0.717, 1.165) is 39.1 Å². The van der Waals surface area contributed by atoms with Crippen molar-refractivity contribution in [2.45, 2.75) is 37.2 Å². The van der Waals surface area contributed by atoms with Gasteiger partial charge in [0.2, 0.25) is 10.0 Å². The maximum Gasteiger partial charge on any atom is 0.243 e. The van der Waals surface area contributed by atoms with E-state index < -0.39 is 10.0 Å². The van der Waals surface area contributed by atoms with Gasteiger partial charge in [-0.1, -0.05) is 12.1 Å². The van der Waals surface area contributed by atoms with Gasteiger partial charge in [0.25, 0.3) is 0 Å². The van der Waals surface area contributed by atoms with Gasteiger partial charge in [0.15, 0.2) is 5.78 Å². The SMILES string of the molecule is CC(=O)c1ccc(S(=O)(=O)N2CC[NH+](C[C@@H]3CCCCO3)CC2)cc1. The lowest BCUT2D eigenvalue weighted by atomic mass is 10.1. The summed E-state index contributed by atoms with van der Waals surface area (Å²) in [6, 6.07) is 6.22. The van der Waals surface area contributed by atoms with E-state index in [-0.39, 0.29) is 10.7 Å². The Hall–Kier alpha value is -1.28. The average Bonchev–Trinajstić information content (AvgIpc) is 2.63. The molecule has 2 heterocycles. The van der Waals surface area contributed by atoms with Crippen LogP contribution in [0.4, 0.5) is 0 Å². The van der Waals surface area contributed by atoms with E-state index in [2.05, 4.69) is 0 Å². The smallest absolute Gasteiger partial charge is 0.243 e. The second kappa shape index (κ2) is 7.95. The number of hydrogen-bond acceptors (Lipinski definition) is 4. The van der Waals surface area contributed by atoms with Gasteiger partial charge in [0, 0.05) is 12.2 Å². The Kier molecular flexibility index (Phi) is 5.89. The first-order chi connectivity index (χ1) is 12.0. The Morgan fingerprint density at radius 2 is 1.88 bits per heavy atom. The molecular weight excluding hydrogens is 340 g/mol. The molecule has 138 valence electrons. The van der Waals surface area contributed by atoms with E-state index in [4.69, 9.17) is 4.74 Å². The third kappa shape index (κ3) is 4.47. The highest BCUT2D eigenvalue weighted by Gasteiger charge is 2.31. The maximum atomic E-state index is 12.8. The summed E-state index contributed by atoms with van der Waals surface area (Å²) in [4.78, 5) is 13.0. The van der Waals surface area contributed by atoms with Crippen molar-refractivity contribution in [3.63, 3.8) is 0 Å². The molecule has 0 aliphatic carbocycles. The molecule has 7 heteroatoms. The van der Waals surface area contributed by atoms with Crippen molar-refractivity contribution in [3.05, 3.63) is 29.8 Å². The third-order valence-corrected chi connectivity index (χ3v) is 7.03. The van der Waals surface area contributed by atoms with Gasteiger partial charge in [-0.3, -0.25) is 4.79 Å². The molecular formula is C18H27N2O4S+. The minimum atomic E-state index is -3.48. The highest BCUT2D eigenvalue weighted by molar-refractivity contribution is 7.89. The molecule has 0 unspecified atom stereocenters. The number of piperazine rings is 1. The van der Waals surface area contributed by atoms with Crippen molar-refractivity contribution < 1.29 is 22.8 Å². The van der Waals surface area contributed by atoms with Gasteiger partial charge in [-0.25, -0.2) is 8.42 Å². The number of quaternary nitrogens is 1. The molecule has 2 saturated heterocycles. The molecule has 0 aromatic heterocycles. The minimum absolute atomic E-state index is 0.0638. The van der Waals surface area contributed by atoms with Crippen molar-refractivity contribution >= 4 is 15.8 Å². The van der Waals surface area contributed by atoms with E-state index in [1.165, 1.54) is 30.4 Å². The quantitative estimate of drug-likeness (QED) is 0.763. The predicted molar refractivity (Wildman–Crippen MR) is 94.4 cm³/mol. The van der Waals surface area contributed by atoms with Crippen molar-refractivity contribution in [1.29, 1.82) is 0 Å². The Bertz CT molecular complexity index is 688. The number of ketones is 1. The molecule has 2 fully saturated rings. The molecule has 1 aromatic carbocycles. The number of sulfonamides is 1. The van der Waals surface area contributed by atoms with Crippen LogP contribution >= 0.6 is 0 Å². The van der Waals surface area contributed by atoms with Crippen LogP contribution in [0.3, 0.4) is 0 Å². The molecule has 0 bridgehead atoms. The van der Waals surface area contributed by atoms with Crippen LogP contribution in [0.1, 0.15) is 36.5 Å². The number of rotatable bonds is 5. The summed E-state index contributed by atoms with van der Waals surface area (Å²) >= 11 is 0. The minimum Gasteiger partial charge on any atom is -0.372 e. The fraction of sp³-hybridized carbons (Fsp3) is 0.611. The van der Waals surface area contributed by atoms with Gasteiger partial charge < -0.3 is 9.64 Å². The fourth-order valence-electron chi connectivity index (χ4n) is 3.55. The topological polar surface area (TPSA) is 68.1 Å². The second-order valence-corrected chi connectivity index (χ2v) is 8.87. The van der Waals surface area contributed by atoms with Crippen LogP contribution in [0.15, 0.2) is 29.2 Å². The summed E-state index contributed by atoms with van der Waals surface area (Å²) in [6.07, 6.45) is 3.83. The standard InChI is InChI=1S/C18H26N2O4S/c1-15(21)16-5-7-18(8-6-16)25(22,23)20-11-9-19(10-12-20)14-17-4-2-3-13-24-17/h5-8,17H,2-4,9-14H2,1H3/p+1/t17-/m0/s1. The first-order valence-electron chi connectivity index (χ1n) is 9.03. The fourth-order valence-corrected chi connectivity index (χ4v) is 4.99. The summed E-state index contributed by atoms with van der Waals surface area (Å²) in [5.74, 6) is -0.0638. The van der Waals surface area contributed by atoms with Gasteiger partial charge >= 0.3 is 0 Å².